The molecule has 0 spiro atoms. The highest BCUT2D eigenvalue weighted by Gasteiger charge is 2.21. The number of oxazole rings is 1. The van der Waals surface area contributed by atoms with Gasteiger partial charge in [-0.15, -0.1) is 0 Å². The molecular formula is C9H12N2O4. The van der Waals surface area contributed by atoms with Gasteiger partial charge in [0.1, 0.15) is 6.04 Å². The first-order chi connectivity index (χ1) is 7.06. The number of aromatic nitrogens is 1. The number of rotatable bonds is 4. The van der Waals surface area contributed by atoms with Crippen LogP contribution in [0.25, 0.3) is 0 Å². The summed E-state index contributed by atoms with van der Waals surface area (Å²) < 4.78 is 4.84. The molecule has 0 aromatic carbocycles. The highest BCUT2D eigenvalue weighted by atomic mass is 16.4. The molecule has 1 rings (SSSR count). The Bertz CT molecular complexity index is 372. The van der Waals surface area contributed by atoms with Crippen molar-refractivity contribution in [3.05, 3.63) is 17.8 Å². The maximum Gasteiger partial charge on any atom is 0.326 e. The van der Waals surface area contributed by atoms with Crippen LogP contribution in [-0.4, -0.2) is 28.0 Å². The minimum atomic E-state index is -1.07. The monoisotopic (exact) mass is 212 g/mol. The Balaban J connectivity index is 2.71. The van der Waals surface area contributed by atoms with Crippen molar-refractivity contribution in [1.29, 1.82) is 0 Å². The zero-order chi connectivity index (χ0) is 11.4. The van der Waals surface area contributed by atoms with Crippen molar-refractivity contribution in [2.75, 3.05) is 0 Å². The SMILES string of the molecule is CCC(NC(=O)c1ocnc1C)C(=O)O. The molecule has 0 fully saturated rings. The van der Waals surface area contributed by atoms with Gasteiger partial charge in [-0.05, 0) is 13.3 Å². The summed E-state index contributed by atoms with van der Waals surface area (Å²) in [6, 6.07) is -0.901. The molecule has 0 bridgehead atoms. The molecule has 0 saturated carbocycles. The van der Waals surface area contributed by atoms with Crippen molar-refractivity contribution in [2.24, 2.45) is 0 Å². The molecule has 82 valence electrons. The summed E-state index contributed by atoms with van der Waals surface area (Å²) in [7, 11) is 0. The van der Waals surface area contributed by atoms with E-state index in [2.05, 4.69) is 10.3 Å². The third-order valence-corrected chi connectivity index (χ3v) is 1.96. The Morgan fingerprint density at radius 2 is 2.33 bits per heavy atom. The van der Waals surface area contributed by atoms with Gasteiger partial charge in [0, 0.05) is 0 Å². The van der Waals surface area contributed by atoms with Crippen LogP contribution in [0.5, 0.6) is 0 Å². The largest absolute Gasteiger partial charge is 0.480 e. The Kier molecular flexibility index (Phi) is 3.43. The maximum absolute atomic E-state index is 11.5. The van der Waals surface area contributed by atoms with Crippen LogP contribution in [0.1, 0.15) is 29.6 Å². The minimum absolute atomic E-state index is 0.0506. The Hall–Kier alpha value is -1.85. The third-order valence-electron chi connectivity index (χ3n) is 1.96. The third kappa shape index (κ3) is 2.55. The first kappa shape index (κ1) is 11.2. The average Bonchev–Trinajstić information content (AvgIpc) is 2.60. The van der Waals surface area contributed by atoms with Crippen molar-refractivity contribution < 1.29 is 19.1 Å². The Morgan fingerprint density at radius 3 is 2.73 bits per heavy atom. The van der Waals surface area contributed by atoms with Crippen LogP contribution in [0.2, 0.25) is 0 Å². The average molecular weight is 212 g/mol. The predicted octanol–water partition coefficient (Wildman–Crippen LogP) is 0.576. The van der Waals surface area contributed by atoms with Gasteiger partial charge in [0.05, 0.1) is 5.69 Å². The van der Waals surface area contributed by atoms with Gasteiger partial charge in [0.25, 0.3) is 5.91 Å². The van der Waals surface area contributed by atoms with E-state index < -0.39 is 17.9 Å². The second-order valence-corrected chi connectivity index (χ2v) is 3.04. The number of carboxylic acids is 1. The van der Waals surface area contributed by atoms with E-state index in [9.17, 15) is 9.59 Å². The quantitative estimate of drug-likeness (QED) is 0.761. The van der Waals surface area contributed by atoms with E-state index in [4.69, 9.17) is 9.52 Å². The first-order valence-corrected chi connectivity index (χ1v) is 4.50. The molecule has 1 aromatic heterocycles. The fraction of sp³-hybridized carbons (Fsp3) is 0.444. The molecule has 1 amide bonds. The topological polar surface area (TPSA) is 92.4 Å². The number of aryl methyl sites for hydroxylation is 1. The number of amides is 1. The number of carbonyl (C=O) groups excluding carboxylic acids is 1. The van der Waals surface area contributed by atoms with Crippen LogP contribution in [0.4, 0.5) is 0 Å². The van der Waals surface area contributed by atoms with Gasteiger partial charge in [-0.2, -0.15) is 0 Å². The molecule has 1 unspecified atom stereocenters. The molecule has 15 heavy (non-hydrogen) atoms. The molecule has 1 heterocycles. The van der Waals surface area contributed by atoms with Crippen molar-refractivity contribution in [2.45, 2.75) is 26.3 Å². The van der Waals surface area contributed by atoms with E-state index in [1.807, 2.05) is 0 Å². The van der Waals surface area contributed by atoms with Gasteiger partial charge in [-0.3, -0.25) is 4.79 Å². The van der Waals surface area contributed by atoms with E-state index in [1.54, 1.807) is 13.8 Å². The van der Waals surface area contributed by atoms with Crippen molar-refractivity contribution >= 4 is 11.9 Å². The highest BCUT2D eigenvalue weighted by molar-refractivity contribution is 5.94. The van der Waals surface area contributed by atoms with Crippen LogP contribution in [0.15, 0.2) is 10.8 Å². The number of nitrogens with zero attached hydrogens (tertiary/aromatic N) is 1. The summed E-state index contributed by atoms with van der Waals surface area (Å²) >= 11 is 0. The molecule has 0 radical (unpaired) electrons. The zero-order valence-electron chi connectivity index (χ0n) is 8.48. The van der Waals surface area contributed by atoms with Crippen molar-refractivity contribution in [3.8, 4) is 0 Å². The van der Waals surface area contributed by atoms with Gasteiger partial charge < -0.3 is 14.8 Å². The minimum Gasteiger partial charge on any atom is -0.480 e. The maximum atomic E-state index is 11.5. The summed E-state index contributed by atoms with van der Waals surface area (Å²) in [6.45, 7) is 3.28. The second kappa shape index (κ2) is 4.59. The zero-order valence-corrected chi connectivity index (χ0v) is 8.48. The van der Waals surface area contributed by atoms with Crippen LogP contribution in [-0.2, 0) is 4.79 Å². The van der Waals surface area contributed by atoms with Crippen molar-refractivity contribution in [1.82, 2.24) is 10.3 Å². The normalized spacial score (nSPS) is 12.1. The van der Waals surface area contributed by atoms with Gasteiger partial charge >= 0.3 is 5.97 Å². The second-order valence-electron chi connectivity index (χ2n) is 3.04. The molecule has 0 aliphatic heterocycles. The number of hydrogen-bond acceptors (Lipinski definition) is 4. The first-order valence-electron chi connectivity index (χ1n) is 4.50. The van der Waals surface area contributed by atoms with Crippen molar-refractivity contribution in [3.63, 3.8) is 0 Å². The number of hydrogen-bond donors (Lipinski definition) is 2. The lowest BCUT2D eigenvalue weighted by Crippen LogP contribution is -2.40. The lowest BCUT2D eigenvalue weighted by Gasteiger charge is -2.10. The molecule has 2 N–H and O–H groups in total. The summed E-state index contributed by atoms with van der Waals surface area (Å²) in [6.07, 6.45) is 1.46. The smallest absolute Gasteiger partial charge is 0.326 e. The summed E-state index contributed by atoms with van der Waals surface area (Å²) in [5.74, 6) is -1.57. The fourth-order valence-electron chi connectivity index (χ4n) is 1.08. The highest BCUT2D eigenvalue weighted by Crippen LogP contribution is 2.05. The van der Waals surface area contributed by atoms with Crippen LogP contribution in [0, 0.1) is 6.92 Å². The van der Waals surface area contributed by atoms with E-state index >= 15 is 0 Å². The van der Waals surface area contributed by atoms with Gasteiger partial charge in [-0.1, -0.05) is 6.92 Å². The molecular weight excluding hydrogens is 200 g/mol. The number of nitrogens with one attached hydrogen (secondary N) is 1. The standard InChI is InChI=1S/C9H12N2O4/c1-3-6(9(13)14)11-8(12)7-5(2)10-4-15-7/h4,6H,3H2,1-2H3,(H,11,12)(H,13,14). The molecule has 6 heteroatoms. The van der Waals surface area contributed by atoms with Gasteiger partial charge in [-0.25, -0.2) is 9.78 Å². The molecule has 0 aliphatic rings. The Morgan fingerprint density at radius 1 is 1.67 bits per heavy atom. The van der Waals surface area contributed by atoms with E-state index in [-0.39, 0.29) is 5.76 Å². The molecule has 0 aliphatic carbocycles. The number of aliphatic carboxylic acids is 1. The van der Waals surface area contributed by atoms with Crippen LogP contribution >= 0.6 is 0 Å². The van der Waals surface area contributed by atoms with E-state index in [0.29, 0.717) is 12.1 Å². The van der Waals surface area contributed by atoms with Gasteiger partial charge in [0.2, 0.25) is 5.76 Å². The van der Waals surface area contributed by atoms with Crippen LogP contribution in [0.3, 0.4) is 0 Å². The summed E-state index contributed by atoms with van der Waals surface area (Å²) in [5, 5.41) is 11.1. The number of carbonyl (C=O) groups is 2. The lowest BCUT2D eigenvalue weighted by molar-refractivity contribution is -0.139. The van der Waals surface area contributed by atoms with Crippen LogP contribution < -0.4 is 5.32 Å². The summed E-state index contributed by atoms with van der Waals surface area (Å²) in [4.78, 5) is 25.9. The van der Waals surface area contributed by atoms with E-state index in [0.717, 1.165) is 6.39 Å². The molecule has 0 saturated heterocycles. The van der Waals surface area contributed by atoms with Gasteiger partial charge in [0.15, 0.2) is 6.39 Å². The lowest BCUT2D eigenvalue weighted by atomic mass is 10.2. The molecule has 6 nitrogen and oxygen atoms in total. The van der Waals surface area contributed by atoms with E-state index in [1.165, 1.54) is 0 Å². The predicted molar refractivity (Wildman–Crippen MR) is 50.4 cm³/mol. The number of carboxylic acid groups (broad SMARTS) is 1. The molecule has 1 atom stereocenters. The summed E-state index contributed by atoms with van der Waals surface area (Å²) in [5.41, 5.74) is 0.438. The Labute approximate surface area is 86.3 Å². The molecule has 1 aromatic rings. The fourth-order valence-corrected chi connectivity index (χ4v) is 1.08.